The fraction of sp³-hybridized carbons (Fsp3) is 0.714. The van der Waals surface area contributed by atoms with Gasteiger partial charge in [0.2, 0.25) is 0 Å². The van der Waals surface area contributed by atoms with Crippen molar-refractivity contribution in [3.05, 3.63) is 18.5 Å². The van der Waals surface area contributed by atoms with Crippen LogP contribution in [0.25, 0.3) is 0 Å². The minimum absolute atomic E-state index is 0.0502. The highest BCUT2D eigenvalue weighted by Gasteiger charge is 2.01. The molecule has 0 fully saturated rings. The molecule has 0 bridgehead atoms. The van der Waals surface area contributed by atoms with E-state index in [-0.39, 0.29) is 12.4 Å². The second kappa shape index (κ2) is 11.0. The van der Waals surface area contributed by atoms with E-state index in [2.05, 4.69) is 20.7 Å². The summed E-state index contributed by atoms with van der Waals surface area (Å²) in [5.74, 6) is 0.786. The molecular formula is C14H27N5O3S. The Morgan fingerprint density at radius 3 is 2.83 bits per heavy atom. The maximum Gasteiger partial charge on any atom is 0.191 e. The van der Waals surface area contributed by atoms with E-state index in [0.29, 0.717) is 19.7 Å². The molecule has 0 saturated heterocycles. The van der Waals surface area contributed by atoms with Crippen LogP contribution in [0.5, 0.6) is 0 Å². The van der Waals surface area contributed by atoms with Gasteiger partial charge in [-0.25, -0.2) is 8.42 Å². The van der Waals surface area contributed by atoms with E-state index in [9.17, 15) is 8.42 Å². The molecule has 0 aliphatic carbocycles. The van der Waals surface area contributed by atoms with Gasteiger partial charge in [0.05, 0.1) is 19.0 Å². The SMILES string of the molecule is CCNC(=NCCCn1cccn1)NCCOCCS(C)(=O)=O. The van der Waals surface area contributed by atoms with Gasteiger partial charge in [0, 0.05) is 44.8 Å². The molecule has 0 saturated carbocycles. The fourth-order valence-corrected chi connectivity index (χ4v) is 2.17. The summed E-state index contributed by atoms with van der Waals surface area (Å²) in [7, 11) is -2.96. The van der Waals surface area contributed by atoms with Crippen LogP contribution >= 0.6 is 0 Å². The van der Waals surface area contributed by atoms with Gasteiger partial charge in [-0.05, 0) is 19.4 Å². The minimum Gasteiger partial charge on any atom is -0.379 e. The van der Waals surface area contributed by atoms with Gasteiger partial charge in [-0.15, -0.1) is 0 Å². The number of aryl methyl sites for hydroxylation is 1. The number of rotatable bonds is 11. The minimum atomic E-state index is -2.96. The third-order valence-electron chi connectivity index (χ3n) is 2.86. The number of nitrogens with one attached hydrogen (secondary N) is 2. The summed E-state index contributed by atoms with van der Waals surface area (Å²) in [6.45, 7) is 5.55. The summed E-state index contributed by atoms with van der Waals surface area (Å²) in [5, 5.41) is 10.5. The Bertz CT molecular complexity index is 543. The lowest BCUT2D eigenvalue weighted by atomic mass is 10.4. The predicted molar refractivity (Wildman–Crippen MR) is 91.4 cm³/mol. The highest BCUT2D eigenvalue weighted by Crippen LogP contribution is 1.90. The quantitative estimate of drug-likeness (QED) is 0.330. The first-order valence-electron chi connectivity index (χ1n) is 7.76. The topological polar surface area (TPSA) is 97.6 Å². The smallest absolute Gasteiger partial charge is 0.191 e. The number of aliphatic imine (C=N–C) groups is 1. The average molecular weight is 345 g/mol. The fourth-order valence-electron chi connectivity index (χ4n) is 1.75. The maximum atomic E-state index is 11.0. The van der Waals surface area contributed by atoms with Gasteiger partial charge in [-0.1, -0.05) is 0 Å². The van der Waals surface area contributed by atoms with E-state index < -0.39 is 9.84 Å². The molecule has 0 spiro atoms. The first-order chi connectivity index (χ1) is 11.0. The van der Waals surface area contributed by atoms with Crippen molar-refractivity contribution < 1.29 is 13.2 Å². The van der Waals surface area contributed by atoms with Crippen LogP contribution in [0.3, 0.4) is 0 Å². The van der Waals surface area contributed by atoms with Gasteiger partial charge in [0.15, 0.2) is 5.96 Å². The van der Waals surface area contributed by atoms with Crippen molar-refractivity contribution in [2.75, 3.05) is 44.9 Å². The monoisotopic (exact) mass is 345 g/mol. The maximum absolute atomic E-state index is 11.0. The van der Waals surface area contributed by atoms with Crippen molar-refractivity contribution in [3.8, 4) is 0 Å². The zero-order valence-corrected chi connectivity index (χ0v) is 14.7. The van der Waals surface area contributed by atoms with Crippen LogP contribution in [-0.4, -0.2) is 69.0 Å². The molecule has 0 amide bonds. The Labute approximate surface area is 138 Å². The van der Waals surface area contributed by atoms with Gasteiger partial charge >= 0.3 is 0 Å². The molecule has 1 rings (SSSR count). The highest BCUT2D eigenvalue weighted by molar-refractivity contribution is 7.90. The number of hydrogen-bond donors (Lipinski definition) is 2. The lowest BCUT2D eigenvalue weighted by molar-refractivity contribution is 0.154. The zero-order chi connectivity index (χ0) is 17.0. The van der Waals surface area contributed by atoms with Crippen LogP contribution in [-0.2, 0) is 21.1 Å². The molecule has 9 heteroatoms. The second-order valence-electron chi connectivity index (χ2n) is 5.05. The van der Waals surface area contributed by atoms with Crippen molar-refractivity contribution in [2.45, 2.75) is 19.9 Å². The van der Waals surface area contributed by atoms with Crippen LogP contribution in [0.4, 0.5) is 0 Å². The Morgan fingerprint density at radius 1 is 1.35 bits per heavy atom. The summed E-state index contributed by atoms with van der Waals surface area (Å²) in [4.78, 5) is 4.47. The lowest BCUT2D eigenvalue weighted by Crippen LogP contribution is -2.39. The summed E-state index contributed by atoms with van der Waals surface area (Å²) in [6.07, 6.45) is 5.80. The number of ether oxygens (including phenoxy) is 1. The number of nitrogens with zero attached hydrogens (tertiary/aromatic N) is 3. The Balaban J connectivity index is 2.16. The number of guanidine groups is 1. The molecule has 23 heavy (non-hydrogen) atoms. The summed E-state index contributed by atoms with van der Waals surface area (Å²) >= 11 is 0. The van der Waals surface area contributed by atoms with E-state index >= 15 is 0 Å². The van der Waals surface area contributed by atoms with Gasteiger partial charge in [-0.2, -0.15) is 5.10 Å². The molecule has 0 aliphatic heterocycles. The molecule has 1 aromatic rings. The average Bonchev–Trinajstić information content (AvgIpc) is 2.99. The summed E-state index contributed by atoms with van der Waals surface area (Å²) in [5.41, 5.74) is 0. The largest absolute Gasteiger partial charge is 0.379 e. The van der Waals surface area contributed by atoms with Crippen molar-refractivity contribution in [2.24, 2.45) is 4.99 Å². The molecule has 132 valence electrons. The molecule has 2 N–H and O–H groups in total. The van der Waals surface area contributed by atoms with Crippen molar-refractivity contribution >= 4 is 15.8 Å². The third-order valence-corrected chi connectivity index (χ3v) is 3.76. The normalized spacial score (nSPS) is 12.3. The molecule has 0 atom stereocenters. The predicted octanol–water partition coefficient (Wildman–Crippen LogP) is -0.110. The van der Waals surface area contributed by atoms with Crippen LogP contribution in [0, 0.1) is 0 Å². The number of hydrogen-bond acceptors (Lipinski definition) is 5. The van der Waals surface area contributed by atoms with Crippen molar-refractivity contribution in [1.82, 2.24) is 20.4 Å². The van der Waals surface area contributed by atoms with Crippen LogP contribution in [0.15, 0.2) is 23.5 Å². The first-order valence-corrected chi connectivity index (χ1v) is 9.82. The van der Waals surface area contributed by atoms with Crippen LogP contribution < -0.4 is 10.6 Å². The molecular weight excluding hydrogens is 318 g/mol. The van der Waals surface area contributed by atoms with Gasteiger partial charge in [0.1, 0.15) is 9.84 Å². The lowest BCUT2D eigenvalue weighted by Gasteiger charge is -2.11. The van der Waals surface area contributed by atoms with E-state index in [1.165, 1.54) is 6.26 Å². The first kappa shape index (κ1) is 19.4. The van der Waals surface area contributed by atoms with Crippen LogP contribution in [0.1, 0.15) is 13.3 Å². The van der Waals surface area contributed by atoms with Crippen LogP contribution in [0.2, 0.25) is 0 Å². The Hall–Kier alpha value is -1.61. The molecule has 0 radical (unpaired) electrons. The van der Waals surface area contributed by atoms with Gasteiger partial charge < -0.3 is 15.4 Å². The van der Waals surface area contributed by atoms with Gasteiger partial charge in [0.25, 0.3) is 0 Å². The molecule has 1 aromatic heterocycles. The van der Waals surface area contributed by atoms with E-state index in [4.69, 9.17) is 4.74 Å². The van der Waals surface area contributed by atoms with Crippen molar-refractivity contribution in [1.29, 1.82) is 0 Å². The van der Waals surface area contributed by atoms with E-state index in [0.717, 1.165) is 25.5 Å². The molecule has 0 aliphatic rings. The van der Waals surface area contributed by atoms with E-state index in [1.54, 1.807) is 6.20 Å². The molecule has 0 unspecified atom stereocenters. The summed E-state index contributed by atoms with van der Waals surface area (Å²) in [6, 6.07) is 1.90. The van der Waals surface area contributed by atoms with Gasteiger partial charge in [-0.3, -0.25) is 9.67 Å². The molecule has 8 nitrogen and oxygen atoms in total. The molecule has 1 heterocycles. The van der Waals surface area contributed by atoms with E-state index in [1.807, 2.05) is 23.9 Å². The van der Waals surface area contributed by atoms with Crippen molar-refractivity contribution in [3.63, 3.8) is 0 Å². The highest BCUT2D eigenvalue weighted by atomic mass is 32.2. The third kappa shape index (κ3) is 10.7. The number of aromatic nitrogens is 2. The standard InChI is InChI=1S/C14H27N5O3S/c1-3-15-14(16-6-4-9-19-10-5-7-18-19)17-8-11-22-12-13-23(2,20)21/h5,7,10H,3-4,6,8-9,11-13H2,1-2H3,(H2,15,16,17). The number of sulfone groups is 1. The second-order valence-corrected chi connectivity index (χ2v) is 7.31. The Kier molecular flexibility index (Phi) is 9.30. The summed E-state index contributed by atoms with van der Waals surface area (Å²) < 4.78 is 29.1. The Morgan fingerprint density at radius 2 is 2.17 bits per heavy atom. The molecule has 0 aromatic carbocycles. The zero-order valence-electron chi connectivity index (χ0n) is 13.9.